The highest BCUT2D eigenvalue weighted by Gasteiger charge is 2.30. The maximum atomic E-state index is 11.6. The van der Waals surface area contributed by atoms with Gasteiger partial charge in [-0.05, 0) is 42.2 Å². The zero-order chi connectivity index (χ0) is 19.4. The summed E-state index contributed by atoms with van der Waals surface area (Å²) in [6.07, 6.45) is 2.24. The van der Waals surface area contributed by atoms with Crippen molar-refractivity contribution in [1.29, 1.82) is 0 Å². The Morgan fingerprint density at radius 2 is 1.81 bits per heavy atom. The van der Waals surface area contributed by atoms with E-state index < -0.39 is 5.97 Å². The van der Waals surface area contributed by atoms with Gasteiger partial charge in [-0.3, -0.25) is 4.90 Å². The van der Waals surface area contributed by atoms with E-state index in [0.29, 0.717) is 25.1 Å². The van der Waals surface area contributed by atoms with Crippen molar-refractivity contribution in [3.05, 3.63) is 53.1 Å². The van der Waals surface area contributed by atoms with Gasteiger partial charge in [-0.1, -0.05) is 24.5 Å². The van der Waals surface area contributed by atoms with Crippen molar-refractivity contribution in [3.8, 4) is 17.2 Å². The first-order chi connectivity index (χ1) is 13.0. The molecule has 1 heterocycles. The molecular formula is C20H24BNO5. The van der Waals surface area contributed by atoms with Crippen molar-refractivity contribution >= 4 is 13.8 Å². The van der Waals surface area contributed by atoms with Crippen LogP contribution in [-0.2, 0) is 12.8 Å². The van der Waals surface area contributed by atoms with Crippen molar-refractivity contribution in [2.24, 2.45) is 0 Å². The number of likely N-dealkylation sites (tertiary alicyclic amines) is 1. The van der Waals surface area contributed by atoms with E-state index in [9.17, 15) is 20.1 Å². The lowest BCUT2D eigenvalue weighted by Crippen LogP contribution is -2.54. The molecule has 2 aromatic rings. The number of aromatic hydroxyl groups is 2. The van der Waals surface area contributed by atoms with Gasteiger partial charge < -0.3 is 20.1 Å². The summed E-state index contributed by atoms with van der Waals surface area (Å²) in [6, 6.07) is 10.6. The number of phenolic OH excluding ortho intramolecular Hbond substituents is 1. The molecule has 3 N–H and O–H groups in total. The molecule has 0 amide bonds. The standard InChI is InChI=1S/C20H24BNO5/c21-9-7-14-3-6-17(18(19(14)24)20(25)26)27-16-11-22(12-16)10-8-13-1-4-15(23)5-2-13/h1-6,16,23-24H,7-12,21H2,(H,25,26). The molecule has 0 atom stereocenters. The maximum absolute atomic E-state index is 11.6. The monoisotopic (exact) mass is 369 g/mol. The Labute approximate surface area is 159 Å². The Kier molecular flexibility index (Phi) is 5.91. The van der Waals surface area contributed by atoms with Crippen LogP contribution in [0.5, 0.6) is 17.2 Å². The van der Waals surface area contributed by atoms with E-state index in [1.807, 2.05) is 20.0 Å². The molecule has 1 aliphatic heterocycles. The number of hydrogen-bond donors (Lipinski definition) is 3. The average molecular weight is 369 g/mol. The SMILES string of the molecule is BCCc1ccc(OC2CN(CCc3ccc(O)cc3)C2)c(C(=O)O)c1O. The van der Waals surface area contributed by atoms with Gasteiger partial charge in [-0.25, -0.2) is 4.79 Å². The number of carbonyl (C=O) groups is 1. The van der Waals surface area contributed by atoms with Gasteiger partial charge in [-0.15, -0.1) is 0 Å². The smallest absolute Gasteiger partial charge is 0.343 e. The average Bonchev–Trinajstić information content (AvgIpc) is 2.60. The Morgan fingerprint density at radius 3 is 2.44 bits per heavy atom. The summed E-state index contributed by atoms with van der Waals surface area (Å²) in [5.41, 5.74) is 1.64. The van der Waals surface area contributed by atoms with Crippen molar-refractivity contribution in [2.45, 2.75) is 25.3 Å². The second-order valence-electron chi connectivity index (χ2n) is 6.92. The van der Waals surface area contributed by atoms with Crippen LogP contribution in [0.3, 0.4) is 0 Å². The molecule has 0 aliphatic carbocycles. The highest BCUT2D eigenvalue weighted by molar-refractivity contribution is 6.08. The molecule has 1 aliphatic rings. The van der Waals surface area contributed by atoms with Crippen LogP contribution in [0.25, 0.3) is 0 Å². The first-order valence-electron chi connectivity index (χ1n) is 9.23. The van der Waals surface area contributed by atoms with E-state index in [1.54, 1.807) is 24.3 Å². The molecule has 0 unspecified atom stereocenters. The molecule has 0 radical (unpaired) electrons. The molecule has 27 heavy (non-hydrogen) atoms. The second kappa shape index (κ2) is 8.35. The Balaban J connectivity index is 1.55. The minimum Gasteiger partial charge on any atom is -0.508 e. The molecule has 1 fully saturated rings. The van der Waals surface area contributed by atoms with Crippen molar-refractivity contribution in [2.75, 3.05) is 19.6 Å². The number of ether oxygens (including phenoxy) is 1. The summed E-state index contributed by atoms with van der Waals surface area (Å²) in [5.74, 6) is -0.879. The van der Waals surface area contributed by atoms with Crippen LogP contribution in [0.15, 0.2) is 36.4 Å². The van der Waals surface area contributed by atoms with Gasteiger partial charge in [0.25, 0.3) is 0 Å². The minimum absolute atomic E-state index is 0.0839. The van der Waals surface area contributed by atoms with E-state index in [2.05, 4.69) is 4.90 Å². The van der Waals surface area contributed by atoms with Gasteiger partial charge >= 0.3 is 5.97 Å². The van der Waals surface area contributed by atoms with E-state index >= 15 is 0 Å². The van der Waals surface area contributed by atoms with Gasteiger partial charge in [0.05, 0.1) is 0 Å². The molecule has 0 bridgehead atoms. The number of benzene rings is 2. The molecule has 6 nitrogen and oxygen atoms in total. The van der Waals surface area contributed by atoms with Crippen LogP contribution in [-0.4, -0.2) is 59.8 Å². The lowest BCUT2D eigenvalue weighted by molar-refractivity contribution is 0.0196. The third-order valence-electron chi connectivity index (χ3n) is 4.83. The number of aromatic carboxylic acids is 1. The number of rotatable bonds is 8. The molecule has 0 saturated carbocycles. The first kappa shape index (κ1) is 19.1. The largest absolute Gasteiger partial charge is 0.508 e. The fraction of sp³-hybridized carbons (Fsp3) is 0.350. The Morgan fingerprint density at radius 1 is 1.11 bits per heavy atom. The molecular weight excluding hydrogens is 345 g/mol. The van der Waals surface area contributed by atoms with Gasteiger partial charge in [0.15, 0.2) is 0 Å². The van der Waals surface area contributed by atoms with Crippen LogP contribution in [0.4, 0.5) is 0 Å². The number of hydrogen-bond acceptors (Lipinski definition) is 5. The molecule has 142 valence electrons. The lowest BCUT2D eigenvalue weighted by atomic mass is 9.95. The number of carboxylic acid groups (broad SMARTS) is 1. The van der Waals surface area contributed by atoms with E-state index in [-0.39, 0.29) is 28.9 Å². The number of phenols is 2. The third-order valence-corrected chi connectivity index (χ3v) is 4.83. The highest BCUT2D eigenvalue weighted by Crippen LogP contribution is 2.33. The fourth-order valence-electron chi connectivity index (χ4n) is 3.30. The predicted molar refractivity (Wildman–Crippen MR) is 105 cm³/mol. The molecule has 2 aromatic carbocycles. The first-order valence-corrected chi connectivity index (χ1v) is 9.23. The van der Waals surface area contributed by atoms with E-state index in [1.165, 1.54) is 0 Å². The van der Waals surface area contributed by atoms with Crippen molar-refractivity contribution in [3.63, 3.8) is 0 Å². The quantitative estimate of drug-likeness (QED) is 0.614. The summed E-state index contributed by atoms with van der Waals surface area (Å²) < 4.78 is 5.84. The summed E-state index contributed by atoms with van der Waals surface area (Å²) in [7, 11) is 1.98. The van der Waals surface area contributed by atoms with Crippen LogP contribution in [0, 0.1) is 0 Å². The third kappa shape index (κ3) is 4.55. The van der Waals surface area contributed by atoms with Crippen LogP contribution in [0.2, 0.25) is 6.32 Å². The summed E-state index contributed by atoms with van der Waals surface area (Å²) in [4.78, 5) is 13.8. The summed E-state index contributed by atoms with van der Waals surface area (Å²) in [6.45, 7) is 2.31. The van der Waals surface area contributed by atoms with Gasteiger partial charge in [-0.2, -0.15) is 0 Å². The highest BCUT2D eigenvalue weighted by atomic mass is 16.5. The number of carboxylic acids is 1. The molecule has 0 spiro atoms. The van der Waals surface area contributed by atoms with Crippen LogP contribution in [0.1, 0.15) is 21.5 Å². The molecule has 0 aromatic heterocycles. The van der Waals surface area contributed by atoms with Gasteiger partial charge in [0.2, 0.25) is 0 Å². The maximum Gasteiger partial charge on any atom is 0.343 e. The Hall–Kier alpha value is -2.67. The fourth-order valence-corrected chi connectivity index (χ4v) is 3.30. The van der Waals surface area contributed by atoms with E-state index in [4.69, 9.17) is 4.74 Å². The summed E-state index contributed by atoms with van der Waals surface area (Å²) >= 11 is 0. The Bertz CT molecular complexity index is 803. The number of nitrogens with zero attached hydrogens (tertiary/aromatic N) is 1. The minimum atomic E-state index is -1.18. The second-order valence-corrected chi connectivity index (χ2v) is 6.92. The summed E-state index contributed by atoms with van der Waals surface area (Å²) in [5, 5.41) is 29.0. The van der Waals surface area contributed by atoms with Crippen LogP contribution < -0.4 is 4.74 Å². The zero-order valence-corrected chi connectivity index (χ0v) is 15.4. The topological polar surface area (TPSA) is 90.2 Å². The zero-order valence-electron chi connectivity index (χ0n) is 15.4. The van der Waals surface area contributed by atoms with Crippen molar-refractivity contribution in [1.82, 2.24) is 4.90 Å². The van der Waals surface area contributed by atoms with Gasteiger partial charge in [0.1, 0.15) is 36.8 Å². The number of aryl methyl sites for hydroxylation is 1. The molecule has 3 rings (SSSR count). The normalized spacial score (nSPS) is 14.7. The predicted octanol–water partition coefficient (Wildman–Crippen LogP) is 1.70. The van der Waals surface area contributed by atoms with E-state index in [0.717, 1.165) is 24.8 Å². The van der Waals surface area contributed by atoms with Crippen LogP contribution >= 0.6 is 0 Å². The molecule has 7 heteroatoms. The molecule has 1 saturated heterocycles. The lowest BCUT2D eigenvalue weighted by Gasteiger charge is -2.39. The van der Waals surface area contributed by atoms with Gasteiger partial charge in [0, 0.05) is 19.6 Å². The van der Waals surface area contributed by atoms with Crippen molar-refractivity contribution < 1.29 is 24.9 Å².